The lowest BCUT2D eigenvalue weighted by atomic mass is 10.00. The van der Waals surface area contributed by atoms with Gasteiger partial charge in [0.05, 0.1) is 4.21 Å². The van der Waals surface area contributed by atoms with Gasteiger partial charge in [-0.05, 0) is 42.2 Å². The summed E-state index contributed by atoms with van der Waals surface area (Å²) in [5.41, 5.74) is 1.57. The lowest BCUT2D eigenvalue weighted by Gasteiger charge is -2.31. The van der Waals surface area contributed by atoms with Crippen LogP contribution in [0.1, 0.15) is 51.1 Å². The fourth-order valence-corrected chi connectivity index (χ4v) is 5.73. The van der Waals surface area contributed by atoms with E-state index in [1.807, 2.05) is 11.3 Å². The predicted octanol–water partition coefficient (Wildman–Crippen LogP) is 4.45. The number of thioether (sulfide) groups is 1. The first-order valence-electron chi connectivity index (χ1n) is 6.74. The Hall–Kier alpha value is 0.0100. The molecule has 0 spiro atoms. The van der Waals surface area contributed by atoms with Crippen LogP contribution in [0.2, 0.25) is 0 Å². The summed E-state index contributed by atoms with van der Waals surface area (Å²) in [5, 5.41) is 6.95. The molecule has 4 atom stereocenters. The van der Waals surface area contributed by atoms with Crippen molar-refractivity contribution in [2.24, 2.45) is 5.92 Å². The first-order chi connectivity index (χ1) is 8.24. The first-order valence-corrected chi connectivity index (χ1v) is 8.50. The highest BCUT2D eigenvalue weighted by Gasteiger charge is 2.31. The molecule has 1 aliphatic heterocycles. The Kier molecular flexibility index (Phi) is 3.51. The third-order valence-corrected chi connectivity index (χ3v) is 6.53. The van der Waals surface area contributed by atoms with E-state index in [9.17, 15) is 0 Å². The second-order valence-corrected chi connectivity index (χ2v) is 8.18. The molecule has 94 valence electrons. The molecule has 1 nitrogen and oxygen atoms in total. The largest absolute Gasteiger partial charge is 0.307 e. The van der Waals surface area contributed by atoms with Crippen LogP contribution in [-0.4, -0.2) is 11.3 Å². The molecule has 0 radical (unpaired) electrons. The van der Waals surface area contributed by atoms with Gasteiger partial charge in [-0.25, -0.2) is 0 Å². The van der Waals surface area contributed by atoms with Crippen LogP contribution < -0.4 is 5.32 Å². The predicted molar refractivity (Wildman–Crippen MR) is 76.9 cm³/mol. The monoisotopic (exact) mass is 267 g/mol. The Bertz CT molecular complexity index is 387. The van der Waals surface area contributed by atoms with Gasteiger partial charge in [0.25, 0.3) is 0 Å². The zero-order valence-corrected chi connectivity index (χ0v) is 12.2. The summed E-state index contributed by atoms with van der Waals surface area (Å²) in [4.78, 5) is 0. The van der Waals surface area contributed by atoms with Gasteiger partial charge >= 0.3 is 0 Å². The average Bonchev–Trinajstić information content (AvgIpc) is 2.88. The standard InChI is InChI=1S/C14H21NS2/c1-9-4-3-5-12(9)15-13-8-10(2)17-14-11(13)6-7-16-14/h6-7,9-10,12-13,15H,3-5,8H2,1-2H3/t9?,10-,12?,13?/m0/s1. The van der Waals surface area contributed by atoms with Crippen LogP contribution in [0, 0.1) is 5.92 Å². The molecule has 1 saturated carbocycles. The molecule has 0 bridgehead atoms. The molecule has 0 aromatic carbocycles. The molecule has 17 heavy (non-hydrogen) atoms. The van der Waals surface area contributed by atoms with Gasteiger partial charge in [-0.15, -0.1) is 23.1 Å². The summed E-state index contributed by atoms with van der Waals surface area (Å²) in [5.74, 6) is 0.863. The summed E-state index contributed by atoms with van der Waals surface area (Å²) in [6.07, 6.45) is 5.48. The Morgan fingerprint density at radius 1 is 1.29 bits per heavy atom. The van der Waals surface area contributed by atoms with Crippen molar-refractivity contribution < 1.29 is 0 Å². The van der Waals surface area contributed by atoms with Crippen molar-refractivity contribution in [3.8, 4) is 0 Å². The Morgan fingerprint density at radius 2 is 2.18 bits per heavy atom. The van der Waals surface area contributed by atoms with Crippen LogP contribution in [0.3, 0.4) is 0 Å². The molecule has 2 heterocycles. The fourth-order valence-electron chi connectivity index (χ4n) is 3.16. The van der Waals surface area contributed by atoms with Gasteiger partial charge < -0.3 is 5.32 Å². The van der Waals surface area contributed by atoms with Gasteiger partial charge in [0.2, 0.25) is 0 Å². The van der Waals surface area contributed by atoms with Crippen LogP contribution in [0.25, 0.3) is 0 Å². The fraction of sp³-hybridized carbons (Fsp3) is 0.714. The van der Waals surface area contributed by atoms with Crippen molar-refractivity contribution in [2.75, 3.05) is 0 Å². The second kappa shape index (κ2) is 4.94. The molecule has 3 unspecified atom stereocenters. The highest BCUT2D eigenvalue weighted by atomic mass is 32.2. The Labute approximate surface area is 112 Å². The number of fused-ring (bicyclic) bond motifs is 1. The summed E-state index contributed by atoms with van der Waals surface area (Å²) in [6, 6.07) is 3.69. The second-order valence-electron chi connectivity index (χ2n) is 5.56. The molecule has 1 aromatic rings. The maximum atomic E-state index is 3.93. The number of hydrogen-bond donors (Lipinski definition) is 1. The maximum absolute atomic E-state index is 3.93. The van der Waals surface area contributed by atoms with Crippen molar-refractivity contribution in [3.63, 3.8) is 0 Å². The molecule has 1 N–H and O–H groups in total. The van der Waals surface area contributed by atoms with Gasteiger partial charge in [-0.1, -0.05) is 20.3 Å². The highest BCUT2D eigenvalue weighted by Crippen LogP contribution is 2.44. The lowest BCUT2D eigenvalue weighted by Crippen LogP contribution is -2.36. The molecule has 1 fully saturated rings. The van der Waals surface area contributed by atoms with E-state index in [0.29, 0.717) is 6.04 Å². The summed E-state index contributed by atoms with van der Waals surface area (Å²) in [7, 11) is 0. The summed E-state index contributed by atoms with van der Waals surface area (Å²) >= 11 is 3.97. The number of hydrogen-bond acceptors (Lipinski definition) is 3. The molecule has 0 saturated heterocycles. The average molecular weight is 267 g/mol. The van der Waals surface area contributed by atoms with Gasteiger partial charge in [-0.2, -0.15) is 0 Å². The SMILES string of the molecule is CC1CCCC1NC1C[C@H](C)Sc2sccc21. The zero-order chi connectivity index (χ0) is 11.8. The molecule has 3 rings (SSSR count). The molecule has 1 aromatic heterocycles. The molecule has 2 aliphatic rings. The normalized spacial score (nSPS) is 37.1. The molecule has 1 aliphatic carbocycles. The van der Waals surface area contributed by atoms with E-state index >= 15 is 0 Å². The quantitative estimate of drug-likeness (QED) is 0.849. The van der Waals surface area contributed by atoms with E-state index in [4.69, 9.17) is 0 Å². The topological polar surface area (TPSA) is 12.0 Å². The van der Waals surface area contributed by atoms with Crippen LogP contribution in [-0.2, 0) is 0 Å². The van der Waals surface area contributed by atoms with Crippen LogP contribution in [0.5, 0.6) is 0 Å². The van der Waals surface area contributed by atoms with E-state index in [2.05, 4.69) is 42.4 Å². The summed E-state index contributed by atoms with van der Waals surface area (Å²) in [6.45, 7) is 4.76. The van der Waals surface area contributed by atoms with E-state index in [1.165, 1.54) is 25.7 Å². The third kappa shape index (κ3) is 2.42. The van der Waals surface area contributed by atoms with Crippen LogP contribution in [0.15, 0.2) is 15.7 Å². The van der Waals surface area contributed by atoms with E-state index in [-0.39, 0.29) is 0 Å². The van der Waals surface area contributed by atoms with Crippen molar-refractivity contribution in [1.82, 2.24) is 5.32 Å². The van der Waals surface area contributed by atoms with E-state index in [1.54, 1.807) is 9.77 Å². The Balaban J connectivity index is 1.75. The van der Waals surface area contributed by atoms with Gasteiger partial charge in [-0.3, -0.25) is 0 Å². The first kappa shape index (κ1) is 12.1. The molecular formula is C14H21NS2. The van der Waals surface area contributed by atoms with E-state index in [0.717, 1.165) is 17.2 Å². The van der Waals surface area contributed by atoms with E-state index < -0.39 is 0 Å². The highest BCUT2D eigenvalue weighted by molar-refractivity contribution is 8.01. The number of thiophene rings is 1. The van der Waals surface area contributed by atoms with Crippen molar-refractivity contribution in [1.29, 1.82) is 0 Å². The minimum absolute atomic E-state index is 0.609. The van der Waals surface area contributed by atoms with Crippen molar-refractivity contribution in [3.05, 3.63) is 17.0 Å². The third-order valence-electron chi connectivity index (χ3n) is 4.19. The molecular weight excluding hydrogens is 246 g/mol. The van der Waals surface area contributed by atoms with Gasteiger partial charge in [0.15, 0.2) is 0 Å². The maximum Gasteiger partial charge on any atom is 0.0649 e. The van der Waals surface area contributed by atoms with Crippen LogP contribution >= 0.6 is 23.1 Å². The molecule has 3 heteroatoms. The summed E-state index contributed by atoms with van der Waals surface area (Å²) < 4.78 is 1.55. The van der Waals surface area contributed by atoms with Crippen LogP contribution in [0.4, 0.5) is 0 Å². The van der Waals surface area contributed by atoms with Crippen molar-refractivity contribution in [2.45, 2.75) is 61.1 Å². The smallest absolute Gasteiger partial charge is 0.0649 e. The van der Waals surface area contributed by atoms with Crippen molar-refractivity contribution >= 4 is 23.1 Å². The Morgan fingerprint density at radius 3 is 2.94 bits per heavy atom. The number of rotatable bonds is 2. The minimum Gasteiger partial charge on any atom is -0.307 e. The molecule has 0 amide bonds. The zero-order valence-electron chi connectivity index (χ0n) is 10.6. The minimum atomic E-state index is 0.609. The van der Waals surface area contributed by atoms with Gasteiger partial charge in [0, 0.05) is 17.3 Å². The number of nitrogens with one attached hydrogen (secondary N) is 1. The lowest BCUT2D eigenvalue weighted by molar-refractivity contribution is 0.359. The van der Waals surface area contributed by atoms with Gasteiger partial charge in [0.1, 0.15) is 0 Å².